The number of allylic oxidation sites excluding steroid dienone is 7. The lowest BCUT2D eigenvalue weighted by atomic mass is 9.89. The molecule has 1 fully saturated rings. The zero-order valence-electron chi connectivity index (χ0n) is 18.4. The first-order valence-corrected chi connectivity index (χ1v) is 10.9. The van der Waals surface area contributed by atoms with Crippen LogP contribution < -0.4 is 0 Å². The number of hydrogen-bond acceptors (Lipinski definition) is 3. The molecule has 0 radical (unpaired) electrons. The Hall–Kier alpha value is -1.65. The standard InChI is InChI=1S/C25H40O4/c1-19(2)11-10-13-20(3)12-7-8-14-22-17-16-21(4)23(22)15-6-5-9-18-25(28,29)24(26)27/h5-6,8,11,14,20,22-23,28-29H,4,7,9-10,12-13,15-18H2,1-3H3,(H,26,27)/b6-5+,14-8+/t20?,22-,23-/m0/s1. The molecule has 0 spiro atoms. The van der Waals surface area contributed by atoms with Crippen LogP contribution >= 0.6 is 0 Å². The van der Waals surface area contributed by atoms with Crippen LogP contribution in [0.1, 0.15) is 78.6 Å². The monoisotopic (exact) mass is 404 g/mol. The average molecular weight is 405 g/mol. The lowest BCUT2D eigenvalue weighted by Gasteiger charge is -2.16. The molecule has 4 heteroatoms. The third-order valence-electron chi connectivity index (χ3n) is 5.82. The molecular formula is C25H40O4. The van der Waals surface area contributed by atoms with Gasteiger partial charge in [0, 0.05) is 6.42 Å². The molecule has 0 aromatic heterocycles. The van der Waals surface area contributed by atoms with Gasteiger partial charge in [-0.2, -0.15) is 0 Å². The minimum Gasteiger partial charge on any atom is -0.477 e. The number of carbonyl (C=O) groups is 1. The minimum atomic E-state index is -2.64. The van der Waals surface area contributed by atoms with Crippen molar-refractivity contribution in [3.63, 3.8) is 0 Å². The number of carboxylic acids is 1. The molecular weight excluding hydrogens is 364 g/mol. The molecule has 0 aromatic rings. The Morgan fingerprint density at radius 3 is 2.52 bits per heavy atom. The summed E-state index contributed by atoms with van der Waals surface area (Å²) in [6.07, 6.45) is 18.8. The number of carboxylic acid groups (broad SMARTS) is 1. The van der Waals surface area contributed by atoms with Gasteiger partial charge in [0.05, 0.1) is 0 Å². The van der Waals surface area contributed by atoms with Gasteiger partial charge in [0.25, 0.3) is 5.79 Å². The molecule has 0 aliphatic heterocycles. The van der Waals surface area contributed by atoms with Gasteiger partial charge in [-0.3, -0.25) is 0 Å². The third kappa shape index (κ3) is 10.1. The molecule has 1 aliphatic rings. The van der Waals surface area contributed by atoms with E-state index in [9.17, 15) is 15.0 Å². The van der Waals surface area contributed by atoms with Crippen molar-refractivity contribution in [3.05, 3.63) is 48.1 Å². The highest BCUT2D eigenvalue weighted by Gasteiger charge is 2.31. The van der Waals surface area contributed by atoms with E-state index >= 15 is 0 Å². The second kappa shape index (κ2) is 12.8. The maximum atomic E-state index is 10.7. The van der Waals surface area contributed by atoms with Crippen molar-refractivity contribution in [1.82, 2.24) is 0 Å². The molecule has 4 nitrogen and oxygen atoms in total. The number of rotatable bonds is 13. The van der Waals surface area contributed by atoms with Gasteiger partial charge in [-0.15, -0.1) is 0 Å². The molecule has 29 heavy (non-hydrogen) atoms. The van der Waals surface area contributed by atoms with Crippen LogP contribution in [0.25, 0.3) is 0 Å². The van der Waals surface area contributed by atoms with Gasteiger partial charge >= 0.3 is 5.97 Å². The third-order valence-corrected chi connectivity index (χ3v) is 5.82. The summed E-state index contributed by atoms with van der Waals surface area (Å²) in [5, 5.41) is 27.3. The first kappa shape index (κ1) is 25.4. The SMILES string of the molecule is C=C1CC[C@H](/C=C/CCC(C)CCC=C(C)C)[C@H]1C/C=C/CCC(O)(O)C(=O)O. The smallest absolute Gasteiger partial charge is 0.364 e. The van der Waals surface area contributed by atoms with Crippen LogP contribution in [-0.2, 0) is 4.79 Å². The zero-order chi connectivity index (χ0) is 21.9. The second-order valence-electron chi connectivity index (χ2n) is 8.80. The van der Waals surface area contributed by atoms with Crippen LogP contribution in [0.2, 0.25) is 0 Å². The van der Waals surface area contributed by atoms with Gasteiger partial charge in [0.1, 0.15) is 0 Å². The molecule has 0 amide bonds. The van der Waals surface area contributed by atoms with Gasteiger partial charge in [0.15, 0.2) is 0 Å². The van der Waals surface area contributed by atoms with Crippen molar-refractivity contribution in [2.24, 2.45) is 17.8 Å². The minimum absolute atomic E-state index is 0.209. The van der Waals surface area contributed by atoms with Crippen LogP contribution in [0.5, 0.6) is 0 Å². The molecule has 3 N–H and O–H groups in total. The fourth-order valence-corrected chi connectivity index (χ4v) is 3.82. The van der Waals surface area contributed by atoms with Crippen molar-refractivity contribution in [2.75, 3.05) is 0 Å². The molecule has 1 saturated carbocycles. The Balaban J connectivity index is 2.37. The van der Waals surface area contributed by atoms with E-state index in [1.54, 1.807) is 0 Å². The molecule has 0 heterocycles. The highest BCUT2D eigenvalue weighted by atomic mass is 16.5. The predicted octanol–water partition coefficient (Wildman–Crippen LogP) is 5.78. The Morgan fingerprint density at radius 2 is 1.86 bits per heavy atom. The van der Waals surface area contributed by atoms with Crippen LogP contribution in [-0.4, -0.2) is 27.1 Å². The van der Waals surface area contributed by atoms with Crippen molar-refractivity contribution in [3.8, 4) is 0 Å². The second-order valence-corrected chi connectivity index (χ2v) is 8.80. The van der Waals surface area contributed by atoms with Gasteiger partial charge in [-0.1, -0.05) is 55.0 Å². The summed E-state index contributed by atoms with van der Waals surface area (Å²) >= 11 is 0. The van der Waals surface area contributed by atoms with Crippen LogP contribution in [0.4, 0.5) is 0 Å². The van der Waals surface area contributed by atoms with Crippen molar-refractivity contribution in [2.45, 2.75) is 84.3 Å². The van der Waals surface area contributed by atoms with Crippen molar-refractivity contribution in [1.29, 1.82) is 0 Å². The van der Waals surface area contributed by atoms with E-state index in [1.165, 1.54) is 30.4 Å². The van der Waals surface area contributed by atoms with Crippen molar-refractivity contribution >= 4 is 5.97 Å². The van der Waals surface area contributed by atoms with E-state index in [-0.39, 0.29) is 6.42 Å². The summed E-state index contributed by atoms with van der Waals surface area (Å²) in [5.41, 5.74) is 2.68. The molecule has 0 bridgehead atoms. The van der Waals surface area contributed by atoms with E-state index in [2.05, 4.69) is 45.6 Å². The lowest BCUT2D eigenvalue weighted by molar-refractivity contribution is -0.205. The Morgan fingerprint density at radius 1 is 1.17 bits per heavy atom. The average Bonchev–Trinajstić information content (AvgIpc) is 2.98. The molecule has 0 saturated heterocycles. The normalized spacial score (nSPS) is 21.2. The van der Waals surface area contributed by atoms with Gasteiger partial charge in [0.2, 0.25) is 0 Å². The fraction of sp³-hybridized carbons (Fsp3) is 0.640. The maximum Gasteiger partial charge on any atom is 0.364 e. The van der Waals surface area contributed by atoms with E-state index in [0.29, 0.717) is 18.3 Å². The predicted molar refractivity (Wildman–Crippen MR) is 119 cm³/mol. The van der Waals surface area contributed by atoms with E-state index in [0.717, 1.165) is 31.6 Å². The first-order chi connectivity index (χ1) is 13.6. The Bertz CT molecular complexity index is 608. The fourth-order valence-electron chi connectivity index (χ4n) is 3.82. The summed E-state index contributed by atoms with van der Waals surface area (Å²) in [4.78, 5) is 10.7. The molecule has 164 valence electrons. The van der Waals surface area contributed by atoms with Crippen molar-refractivity contribution < 1.29 is 20.1 Å². The maximum absolute atomic E-state index is 10.7. The summed E-state index contributed by atoms with van der Waals surface area (Å²) in [6.45, 7) is 10.8. The molecule has 0 aromatic carbocycles. The van der Waals surface area contributed by atoms with Gasteiger partial charge in [-0.05, 0) is 83.0 Å². The largest absolute Gasteiger partial charge is 0.477 e. The van der Waals surface area contributed by atoms with Crippen LogP contribution in [0.15, 0.2) is 48.1 Å². The highest BCUT2D eigenvalue weighted by molar-refractivity contribution is 5.74. The zero-order valence-corrected chi connectivity index (χ0v) is 18.4. The molecule has 1 unspecified atom stereocenters. The van der Waals surface area contributed by atoms with Crippen LogP contribution in [0.3, 0.4) is 0 Å². The van der Waals surface area contributed by atoms with Gasteiger partial charge < -0.3 is 15.3 Å². The summed E-state index contributed by atoms with van der Waals surface area (Å²) in [5.74, 6) is -2.57. The van der Waals surface area contributed by atoms with E-state index in [4.69, 9.17) is 5.11 Å². The molecule has 3 atom stereocenters. The van der Waals surface area contributed by atoms with E-state index < -0.39 is 11.8 Å². The summed E-state index contributed by atoms with van der Waals surface area (Å²) in [6, 6.07) is 0. The number of hydrogen-bond donors (Lipinski definition) is 3. The lowest BCUT2D eigenvalue weighted by Crippen LogP contribution is -2.37. The molecule has 1 aliphatic carbocycles. The molecule has 1 rings (SSSR count). The Labute approximate surface area is 176 Å². The topological polar surface area (TPSA) is 77.8 Å². The van der Waals surface area contributed by atoms with Gasteiger partial charge in [-0.25, -0.2) is 4.79 Å². The van der Waals surface area contributed by atoms with E-state index in [1.807, 2.05) is 12.2 Å². The summed E-state index contributed by atoms with van der Waals surface area (Å²) in [7, 11) is 0. The quantitative estimate of drug-likeness (QED) is 0.269. The highest BCUT2D eigenvalue weighted by Crippen LogP contribution is 2.39. The summed E-state index contributed by atoms with van der Waals surface area (Å²) < 4.78 is 0. The Kier molecular flexibility index (Phi) is 11.2. The van der Waals surface area contributed by atoms with Crippen LogP contribution in [0, 0.1) is 17.8 Å². The number of aliphatic hydroxyl groups is 2. The number of aliphatic carboxylic acids is 1. The first-order valence-electron chi connectivity index (χ1n) is 10.9.